The van der Waals surface area contributed by atoms with E-state index in [2.05, 4.69) is 9.72 Å². The number of furan rings is 1. The Morgan fingerprint density at radius 1 is 1.38 bits per heavy atom. The van der Waals surface area contributed by atoms with Crippen molar-refractivity contribution in [3.63, 3.8) is 0 Å². The van der Waals surface area contributed by atoms with Gasteiger partial charge in [-0.05, 0) is 24.1 Å². The second-order valence-electron chi connectivity index (χ2n) is 5.63. The second kappa shape index (κ2) is 6.12. The highest BCUT2D eigenvalue weighted by Gasteiger charge is 2.16. The van der Waals surface area contributed by atoms with E-state index in [9.17, 15) is 14.4 Å². The lowest BCUT2D eigenvalue weighted by Crippen LogP contribution is -2.34. The van der Waals surface area contributed by atoms with Crippen LogP contribution in [0.15, 0.2) is 32.2 Å². The fourth-order valence-electron chi connectivity index (χ4n) is 2.32. The lowest BCUT2D eigenvalue weighted by atomic mass is 10.2. The first kappa shape index (κ1) is 16.3. The van der Waals surface area contributed by atoms with E-state index in [4.69, 9.17) is 4.42 Å². The molecule has 0 aromatic carbocycles. The van der Waals surface area contributed by atoms with Crippen LogP contribution in [0.1, 0.15) is 41.0 Å². The number of ether oxygens (including phenoxy) is 1. The number of methoxy groups -OCH3 is 1. The number of thiophene rings is 1. The zero-order valence-electron chi connectivity index (χ0n) is 13.4. The number of H-pyrrole nitrogens is 1. The topological polar surface area (TPSA) is 94.3 Å². The molecule has 0 spiro atoms. The summed E-state index contributed by atoms with van der Waals surface area (Å²) in [5.41, 5.74) is -0.895. The van der Waals surface area contributed by atoms with Crippen LogP contribution in [0.4, 0.5) is 0 Å². The van der Waals surface area contributed by atoms with E-state index in [0.29, 0.717) is 16.0 Å². The monoisotopic (exact) mass is 348 g/mol. The maximum atomic E-state index is 12.6. The first-order valence-electron chi connectivity index (χ1n) is 7.34. The Labute approximate surface area is 140 Å². The van der Waals surface area contributed by atoms with E-state index < -0.39 is 11.7 Å². The Balaban J connectivity index is 2.03. The van der Waals surface area contributed by atoms with Gasteiger partial charge >= 0.3 is 11.7 Å². The molecule has 0 aliphatic rings. The van der Waals surface area contributed by atoms with E-state index in [1.165, 1.54) is 30.6 Å². The lowest BCUT2D eigenvalue weighted by Gasteiger charge is -2.02. The lowest BCUT2D eigenvalue weighted by molar-refractivity contribution is 0.0563. The van der Waals surface area contributed by atoms with Crippen LogP contribution in [-0.4, -0.2) is 22.6 Å². The minimum absolute atomic E-state index is 0.0238. The number of hydrogen-bond donors (Lipinski definition) is 1. The van der Waals surface area contributed by atoms with Gasteiger partial charge in [0.05, 0.1) is 19.0 Å². The SMILES string of the molecule is COC(=O)c1ccc(Cn2c(=O)[nH]c3sc(C(C)C)cc3c2=O)o1. The van der Waals surface area contributed by atoms with Crippen molar-refractivity contribution in [2.45, 2.75) is 26.3 Å². The van der Waals surface area contributed by atoms with Crippen molar-refractivity contribution in [3.05, 3.63) is 55.4 Å². The van der Waals surface area contributed by atoms with Gasteiger partial charge in [-0.3, -0.25) is 14.3 Å². The molecule has 0 saturated carbocycles. The van der Waals surface area contributed by atoms with Gasteiger partial charge in [0, 0.05) is 4.88 Å². The van der Waals surface area contributed by atoms with Gasteiger partial charge in [-0.25, -0.2) is 9.59 Å². The molecular weight excluding hydrogens is 332 g/mol. The number of nitrogens with one attached hydrogen (secondary N) is 1. The molecule has 0 aliphatic carbocycles. The molecule has 24 heavy (non-hydrogen) atoms. The highest BCUT2D eigenvalue weighted by atomic mass is 32.1. The Hall–Kier alpha value is -2.61. The summed E-state index contributed by atoms with van der Waals surface area (Å²) in [6.45, 7) is 3.99. The van der Waals surface area contributed by atoms with Crippen molar-refractivity contribution in [3.8, 4) is 0 Å². The molecule has 3 rings (SSSR count). The first-order chi connectivity index (χ1) is 11.4. The van der Waals surface area contributed by atoms with Crippen molar-refractivity contribution < 1.29 is 13.9 Å². The largest absolute Gasteiger partial charge is 0.463 e. The van der Waals surface area contributed by atoms with Crippen LogP contribution in [0.2, 0.25) is 0 Å². The molecule has 1 N–H and O–H groups in total. The molecule has 0 unspecified atom stereocenters. The van der Waals surface area contributed by atoms with Crippen molar-refractivity contribution >= 4 is 27.5 Å². The van der Waals surface area contributed by atoms with Crippen LogP contribution in [0, 0.1) is 0 Å². The van der Waals surface area contributed by atoms with Crippen molar-refractivity contribution in [1.29, 1.82) is 0 Å². The molecule has 0 bridgehead atoms. The van der Waals surface area contributed by atoms with Gasteiger partial charge < -0.3 is 9.15 Å². The maximum Gasteiger partial charge on any atom is 0.373 e. The van der Waals surface area contributed by atoms with Crippen LogP contribution in [-0.2, 0) is 11.3 Å². The van der Waals surface area contributed by atoms with Gasteiger partial charge in [-0.15, -0.1) is 11.3 Å². The third kappa shape index (κ3) is 2.80. The third-order valence-corrected chi connectivity index (χ3v) is 4.97. The number of esters is 1. The second-order valence-corrected chi connectivity index (χ2v) is 6.71. The quantitative estimate of drug-likeness (QED) is 0.730. The van der Waals surface area contributed by atoms with Crippen molar-refractivity contribution in [2.75, 3.05) is 7.11 Å². The molecule has 0 saturated heterocycles. The molecule has 8 heteroatoms. The number of hydrogen-bond acceptors (Lipinski definition) is 6. The van der Waals surface area contributed by atoms with Crippen LogP contribution in [0.5, 0.6) is 0 Å². The molecule has 7 nitrogen and oxygen atoms in total. The van der Waals surface area contributed by atoms with E-state index in [-0.39, 0.29) is 23.8 Å². The Morgan fingerprint density at radius 3 is 2.79 bits per heavy atom. The number of fused-ring (bicyclic) bond motifs is 1. The molecule has 126 valence electrons. The highest BCUT2D eigenvalue weighted by molar-refractivity contribution is 7.18. The number of carbonyl (C=O) groups excluding carboxylic acids is 1. The van der Waals surface area contributed by atoms with Gasteiger partial charge in [0.15, 0.2) is 0 Å². The van der Waals surface area contributed by atoms with Crippen LogP contribution in [0.3, 0.4) is 0 Å². The molecular formula is C16H16N2O5S. The smallest absolute Gasteiger partial charge is 0.373 e. The van der Waals surface area contributed by atoms with Crippen LogP contribution in [0.25, 0.3) is 10.2 Å². The highest BCUT2D eigenvalue weighted by Crippen LogP contribution is 2.26. The van der Waals surface area contributed by atoms with Gasteiger partial charge in [0.1, 0.15) is 10.6 Å². The Kier molecular flexibility index (Phi) is 4.15. The number of nitrogens with zero attached hydrogens (tertiary/aromatic N) is 1. The summed E-state index contributed by atoms with van der Waals surface area (Å²) < 4.78 is 10.9. The van der Waals surface area contributed by atoms with Crippen molar-refractivity contribution in [1.82, 2.24) is 9.55 Å². The number of rotatable bonds is 4. The predicted molar refractivity (Wildman–Crippen MR) is 89.9 cm³/mol. The molecule has 0 atom stereocenters. The average Bonchev–Trinajstić information content (AvgIpc) is 3.17. The summed E-state index contributed by atoms with van der Waals surface area (Å²) in [5.74, 6) is 0.00107. The van der Waals surface area contributed by atoms with E-state index >= 15 is 0 Å². The zero-order chi connectivity index (χ0) is 17.4. The van der Waals surface area contributed by atoms with E-state index in [0.717, 1.165) is 9.44 Å². The summed E-state index contributed by atoms with van der Waals surface area (Å²) in [6, 6.07) is 4.79. The van der Waals surface area contributed by atoms with E-state index in [1.54, 1.807) is 6.07 Å². The Morgan fingerprint density at radius 2 is 2.12 bits per heavy atom. The third-order valence-electron chi connectivity index (χ3n) is 3.62. The summed E-state index contributed by atoms with van der Waals surface area (Å²) in [4.78, 5) is 40.5. The molecule has 0 fully saturated rings. The Bertz CT molecular complexity index is 1020. The summed E-state index contributed by atoms with van der Waals surface area (Å²) >= 11 is 1.41. The fraction of sp³-hybridized carbons (Fsp3) is 0.312. The van der Waals surface area contributed by atoms with Gasteiger partial charge in [-0.1, -0.05) is 13.8 Å². The summed E-state index contributed by atoms with van der Waals surface area (Å²) in [7, 11) is 1.25. The number of carbonyl (C=O) groups is 1. The van der Waals surface area contributed by atoms with Gasteiger partial charge in [0.25, 0.3) is 5.56 Å². The first-order valence-corrected chi connectivity index (χ1v) is 8.16. The molecule has 3 heterocycles. The number of aromatic amines is 1. The fourth-order valence-corrected chi connectivity index (χ4v) is 3.36. The standard InChI is InChI=1S/C16H16N2O5S/c1-8(2)12-6-10-13(24-12)17-16(21)18(14(10)19)7-9-4-5-11(23-9)15(20)22-3/h4-6,8H,7H2,1-3H3,(H,17,21). The maximum absolute atomic E-state index is 12.6. The minimum atomic E-state index is -0.614. The molecule has 3 aromatic rings. The normalized spacial score (nSPS) is 11.3. The summed E-state index contributed by atoms with van der Waals surface area (Å²) in [6.07, 6.45) is 0. The summed E-state index contributed by atoms with van der Waals surface area (Å²) in [5, 5.41) is 0.475. The van der Waals surface area contributed by atoms with Gasteiger partial charge in [-0.2, -0.15) is 0 Å². The van der Waals surface area contributed by atoms with Crippen LogP contribution < -0.4 is 11.2 Å². The molecule has 0 aliphatic heterocycles. The van der Waals surface area contributed by atoms with Crippen molar-refractivity contribution in [2.24, 2.45) is 0 Å². The molecule has 3 aromatic heterocycles. The molecule has 0 radical (unpaired) electrons. The zero-order valence-corrected chi connectivity index (χ0v) is 14.2. The van der Waals surface area contributed by atoms with Gasteiger partial charge in [0.2, 0.25) is 5.76 Å². The molecule has 0 amide bonds. The minimum Gasteiger partial charge on any atom is -0.463 e. The van der Waals surface area contributed by atoms with Crippen LogP contribution >= 0.6 is 11.3 Å². The number of aromatic nitrogens is 2. The predicted octanol–water partition coefficient (Wildman–Crippen LogP) is 2.30. The average molecular weight is 348 g/mol. The van der Waals surface area contributed by atoms with E-state index in [1.807, 2.05) is 13.8 Å².